The third-order valence-corrected chi connectivity index (χ3v) is 4.46. The first-order chi connectivity index (χ1) is 11.7. The van der Waals surface area contributed by atoms with E-state index in [0.717, 1.165) is 40.7 Å². The molecule has 2 aromatic heterocycles. The van der Waals surface area contributed by atoms with Gasteiger partial charge in [0.2, 0.25) is 5.91 Å². The van der Waals surface area contributed by atoms with Crippen LogP contribution in [0.25, 0.3) is 5.69 Å². The van der Waals surface area contributed by atoms with Gasteiger partial charge in [0.05, 0.1) is 17.6 Å². The lowest BCUT2D eigenvalue weighted by Gasteiger charge is -2.22. The van der Waals surface area contributed by atoms with Gasteiger partial charge in [-0.2, -0.15) is 5.10 Å². The van der Waals surface area contributed by atoms with Gasteiger partial charge in [0.1, 0.15) is 11.6 Å². The highest BCUT2D eigenvalue weighted by Gasteiger charge is 2.32. The molecular formula is C18H19N5O. The van der Waals surface area contributed by atoms with Gasteiger partial charge in [-0.15, -0.1) is 0 Å². The molecule has 3 aromatic rings. The van der Waals surface area contributed by atoms with Gasteiger partial charge in [-0.25, -0.2) is 9.67 Å². The van der Waals surface area contributed by atoms with Crippen LogP contribution in [-0.4, -0.2) is 25.7 Å². The zero-order chi connectivity index (χ0) is 16.7. The molecule has 0 saturated heterocycles. The van der Waals surface area contributed by atoms with E-state index in [4.69, 9.17) is 4.98 Å². The molecule has 24 heavy (non-hydrogen) atoms. The Balaban J connectivity index is 1.82. The van der Waals surface area contributed by atoms with Crippen LogP contribution in [0.1, 0.15) is 42.0 Å². The highest BCUT2D eigenvalue weighted by molar-refractivity contribution is 5.94. The Kier molecular flexibility index (Phi) is 3.45. The van der Waals surface area contributed by atoms with Crippen molar-refractivity contribution in [3.05, 3.63) is 59.3 Å². The first kappa shape index (κ1) is 14.7. The van der Waals surface area contributed by atoms with E-state index in [0.29, 0.717) is 6.42 Å². The number of imidazole rings is 1. The smallest absolute Gasteiger partial charge is 0.226 e. The van der Waals surface area contributed by atoms with E-state index in [1.165, 1.54) is 0 Å². The molecule has 122 valence electrons. The average Bonchev–Trinajstić information content (AvgIpc) is 3.18. The molecule has 3 heterocycles. The van der Waals surface area contributed by atoms with Crippen LogP contribution in [-0.2, 0) is 11.2 Å². The van der Waals surface area contributed by atoms with Gasteiger partial charge in [-0.05, 0) is 19.1 Å². The largest absolute Gasteiger partial charge is 0.346 e. The number of aromatic nitrogens is 4. The quantitative estimate of drug-likeness (QED) is 0.779. The Labute approximate surface area is 139 Å². The normalized spacial score (nSPS) is 16.8. The molecule has 4 rings (SSSR count). The summed E-state index contributed by atoms with van der Waals surface area (Å²) >= 11 is 0. The third kappa shape index (κ3) is 2.31. The summed E-state index contributed by atoms with van der Waals surface area (Å²) < 4.78 is 1.78. The van der Waals surface area contributed by atoms with E-state index >= 15 is 0 Å². The number of para-hydroxylation sites is 1. The van der Waals surface area contributed by atoms with E-state index in [-0.39, 0.29) is 11.8 Å². The summed E-state index contributed by atoms with van der Waals surface area (Å²) in [6.45, 7) is 4.07. The molecule has 0 saturated carbocycles. The predicted octanol–water partition coefficient (Wildman–Crippen LogP) is 2.94. The number of nitrogens with one attached hydrogen (secondary N) is 2. The lowest BCUT2D eigenvalue weighted by Crippen LogP contribution is -2.25. The first-order valence-corrected chi connectivity index (χ1v) is 8.16. The maximum Gasteiger partial charge on any atom is 0.226 e. The molecule has 1 aromatic carbocycles. The number of rotatable bonds is 3. The van der Waals surface area contributed by atoms with Gasteiger partial charge in [-0.1, -0.05) is 25.1 Å². The van der Waals surface area contributed by atoms with Gasteiger partial charge in [0.25, 0.3) is 0 Å². The number of hydrogen-bond acceptors (Lipinski definition) is 3. The standard InChI is InChI=1S/C18H19N5O/c1-3-15-20-11(2)17(21-15)13-9-16(24)22-18-14(13)10-19-23(18)12-7-5-4-6-8-12/h4-8,10,13H,3,9H2,1-2H3,(H,20,21)(H,22,24)/t13-/m1/s1. The Morgan fingerprint density at radius 1 is 1.29 bits per heavy atom. The molecule has 1 aliphatic heterocycles. The first-order valence-electron chi connectivity index (χ1n) is 8.16. The fraction of sp³-hybridized carbons (Fsp3) is 0.278. The van der Waals surface area contributed by atoms with Crippen molar-refractivity contribution in [3.8, 4) is 5.69 Å². The van der Waals surface area contributed by atoms with Gasteiger partial charge in [0, 0.05) is 30.0 Å². The maximum absolute atomic E-state index is 12.3. The fourth-order valence-corrected chi connectivity index (χ4v) is 3.27. The molecule has 1 aliphatic rings. The number of carbonyl (C=O) groups excluding carboxylic acids is 1. The van der Waals surface area contributed by atoms with Gasteiger partial charge < -0.3 is 10.3 Å². The lowest BCUT2D eigenvalue weighted by molar-refractivity contribution is -0.116. The number of hydrogen-bond donors (Lipinski definition) is 2. The van der Waals surface area contributed by atoms with Crippen molar-refractivity contribution in [1.82, 2.24) is 19.7 Å². The number of anilines is 1. The number of carbonyl (C=O) groups is 1. The van der Waals surface area contributed by atoms with Crippen LogP contribution in [0.3, 0.4) is 0 Å². The summed E-state index contributed by atoms with van der Waals surface area (Å²) in [5, 5.41) is 7.47. The number of H-pyrrole nitrogens is 1. The Morgan fingerprint density at radius 3 is 2.79 bits per heavy atom. The predicted molar refractivity (Wildman–Crippen MR) is 91.4 cm³/mol. The minimum absolute atomic E-state index is 0.00868. The van der Waals surface area contributed by atoms with Crippen LogP contribution >= 0.6 is 0 Å². The number of amides is 1. The maximum atomic E-state index is 12.3. The second-order valence-corrected chi connectivity index (χ2v) is 6.05. The third-order valence-electron chi connectivity index (χ3n) is 4.46. The molecule has 2 N–H and O–H groups in total. The average molecular weight is 321 g/mol. The minimum atomic E-state index is -0.0669. The highest BCUT2D eigenvalue weighted by Crippen LogP contribution is 2.38. The number of aromatic amines is 1. The topological polar surface area (TPSA) is 75.6 Å². The zero-order valence-corrected chi connectivity index (χ0v) is 13.7. The minimum Gasteiger partial charge on any atom is -0.346 e. The van der Waals surface area contributed by atoms with Crippen molar-refractivity contribution < 1.29 is 4.79 Å². The second kappa shape index (κ2) is 5.63. The molecule has 0 radical (unpaired) electrons. The van der Waals surface area contributed by atoms with Crippen molar-refractivity contribution in [2.75, 3.05) is 5.32 Å². The lowest BCUT2D eigenvalue weighted by atomic mass is 9.90. The highest BCUT2D eigenvalue weighted by atomic mass is 16.1. The number of aryl methyl sites for hydroxylation is 2. The molecule has 6 heteroatoms. The molecule has 6 nitrogen and oxygen atoms in total. The Morgan fingerprint density at radius 2 is 2.08 bits per heavy atom. The Hall–Kier alpha value is -2.89. The van der Waals surface area contributed by atoms with Crippen LogP contribution in [0.5, 0.6) is 0 Å². The van der Waals surface area contributed by atoms with Crippen molar-refractivity contribution in [1.29, 1.82) is 0 Å². The number of fused-ring (bicyclic) bond motifs is 1. The van der Waals surface area contributed by atoms with Gasteiger partial charge >= 0.3 is 0 Å². The van der Waals surface area contributed by atoms with Crippen molar-refractivity contribution in [2.45, 2.75) is 32.6 Å². The van der Waals surface area contributed by atoms with Crippen LogP contribution in [0.15, 0.2) is 36.5 Å². The summed E-state index contributed by atoms with van der Waals surface area (Å²) in [4.78, 5) is 20.3. The van der Waals surface area contributed by atoms with E-state index in [2.05, 4.69) is 22.3 Å². The SMILES string of the molecule is CCc1nc([C@@H]2CC(=O)Nc3c2cnn3-c2ccccc2)c(C)[nH]1. The van der Waals surface area contributed by atoms with Crippen molar-refractivity contribution in [2.24, 2.45) is 0 Å². The summed E-state index contributed by atoms with van der Waals surface area (Å²) in [5.74, 6) is 1.61. The molecule has 0 spiro atoms. The summed E-state index contributed by atoms with van der Waals surface area (Å²) in [7, 11) is 0. The number of nitrogens with zero attached hydrogens (tertiary/aromatic N) is 3. The van der Waals surface area contributed by atoms with E-state index in [1.54, 1.807) is 4.68 Å². The molecule has 0 unspecified atom stereocenters. The summed E-state index contributed by atoms with van der Waals surface area (Å²) in [6, 6.07) is 9.81. The van der Waals surface area contributed by atoms with Crippen LogP contribution in [0.4, 0.5) is 5.82 Å². The van der Waals surface area contributed by atoms with Gasteiger partial charge in [-0.3, -0.25) is 4.79 Å². The van der Waals surface area contributed by atoms with Crippen LogP contribution < -0.4 is 5.32 Å². The van der Waals surface area contributed by atoms with E-state index in [9.17, 15) is 4.79 Å². The second-order valence-electron chi connectivity index (χ2n) is 6.05. The van der Waals surface area contributed by atoms with E-state index in [1.807, 2.05) is 43.5 Å². The van der Waals surface area contributed by atoms with Crippen LogP contribution in [0, 0.1) is 6.92 Å². The monoisotopic (exact) mass is 321 g/mol. The molecule has 0 bridgehead atoms. The molecule has 1 amide bonds. The number of benzene rings is 1. The molecule has 1 atom stereocenters. The van der Waals surface area contributed by atoms with Gasteiger partial charge in [0.15, 0.2) is 0 Å². The van der Waals surface area contributed by atoms with Crippen LogP contribution in [0.2, 0.25) is 0 Å². The summed E-state index contributed by atoms with van der Waals surface area (Å²) in [5.41, 5.74) is 3.89. The molecule has 0 fully saturated rings. The Bertz CT molecular complexity index is 894. The molecular weight excluding hydrogens is 302 g/mol. The van der Waals surface area contributed by atoms with Crippen molar-refractivity contribution >= 4 is 11.7 Å². The fourth-order valence-electron chi connectivity index (χ4n) is 3.27. The summed E-state index contributed by atoms with van der Waals surface area (Å²) in [6.07, 6.45) is 3.07. The molecule has 0 aliphatic carbocycles. The zero-order valence-electron chi connectivity index (χ0n) is 13.7. The van der Waals surface area contributed by atoms with E-state index < -0.39 is 0 Å². The van der Waals surface area contributed by atoms with Crippen molar-refractivity contribution in [3.63, 3.8) is 0 Å².